The van der Waals surface area contributed by atoms with Gasteiger partial charge in [0, 0.05) is 64.9 Å². The molecule has 0 amide bonds. The summed E-state index contributed by atoms with van der Waals surface area (Å²) in [7, 11) is 3.90. The van der Waals surface area contributed by atoms with E-state index in [1.54, 1.807) is 0 Å². The van der Waals surface area contributed by atoms with Gasteiger partial charge in [-0.2, -0.15) is 5.26 Å². The van der Waals surface area contributed by atoms with Gasteiger partial charge in [-0.1, -0.05) is 44.1 Å². The first-order valence-electron chi connectivity index (χ1n) is 15.1. The van der Waals surface area contributed by atoms with Crippen LogP contribution in [0.15, 0.2) is 30.1 Å². The Morgan fingerprint density at radius 2 is 1.87 bits per heavy atom. The van der Waals surface area contributed by atoms with Crippen molar-refractivity contribution in [1.29, 1.82) is 10.7 Å². The van der Waals surface area contributed by atoms with E-state index in [-0.39, 0.29) is 0 Å². The predicted octanol–water partition coefficient (Wildman–Crippen LogP) is 5.46. The second kappa shape index (κ2) is 11.6. The van der Waals surface area contributed by atoms with Crippen LogP contribution in [0.2, 0.25) is 0 Å². The second-order valence-corrected chi connectivity index (χ2v) is 12.5. The van der Waals surface area contributed by atoms with E-state index in [1.807, 2.05) is 25.1 Å². The van der Waals surface area contributed by atoms with E-state index in [2.05, 4.69) is 58.1 Å². The third-order valence-electron chi connectivity index (χ3n) is 9.68. The number of hydrogen-bond acceptors (Lipinski definition) is 5. The number of nitriles is 1. The molecule has 1 aromatic carbocycles. The van der Waals surface area contributed by atoms with Gasteiger partial charge in [-0.25, -0.2) is 0 Å². The molecular weight excluding hydrogens is 480 g/mol. The van der Waals surface area contributed by atoms with E-state index in [0.29, 0.717) is 11.3 Å². The summed E-state index contributed by atoms with van der Waals surface area (Å²) in [5.74, 6) is 8.79. The highest BCUT2D eigenvalue weighted by molar-refractivity contribution is 6.04. The van der Waals surface area contributed by atoms with Crippen LogP contribution in [0.3, 0.4) is 0 Å². The molecule has 0 bridgehead atoms. The third-order valence-corrected chi connectivity index (χ3v) is 9.68. The highest BCUT2D eigenvalue weighted by Gasteiger charge is 2.62. The number of benzene rings is 1. The van der Waals surface area contributed by atoms with Gasteiger partial charge in [0.2, 0.25) is 0 Å². The molecule has 5 rings (SSSR count). The van der Waals surface area contributed by atoms with Crippen LogP contribution in [0.25, 0.3) is 0 Å². The normalized spacial score (nSPS) is 22.3. The monoisotopic (exact) mass is 526 g/mol. The van der Waals surface area contributed by atoms with Gasteiger partial charge in [-0.3, -0.25) is 10.3 Å². The smallest absolute Gasteiger partial charge is 0.128 e. The summed E-state index contributed by atoms with van der Waals surface area (Å²) in [6.07, 6.45) is 14.2. The van der Waals surface area contributed by atoms with E-state index in [4.69, 9.17) is 5.41 Å². The van der Waals surface area contributed by atoms with Gasteiger partial charge >= 0.3 is 0 Å². The summed E-state index contributed by atoms with van der Waals surface area (Å²) in [6, 6.07) is 8.94. The fourth-order valence-corrected chi connectivity index (χ4v) is 7.09. The molecule has 3 aliphatic carbocycles. The molecule has 4 aliphatic rings. The van der Waals surface area contributed by atoms with Gasteiger partial charge in [-0.15, -0.1) is 0 Å². The lowest BCUT2D eigenvalue weighted by molar-refractivity contribution is 0.125. The standard InChI is InChI=1S/C33H46N6/c1-4-5-11-27-12-13-28(33(25-34)23-32(24-33)14-15-32)20-29(27)37(3)30(35)21-31(36-2)39-18-16-38(17-19-39)22-26-9-7-6-8-10-26/h12-13,20-21,26,35-36H,4,6-10,14-19,22-24H2,1-3H3/b31-21+,35-30?. The van der Waals surface area contributed by atoms with Crippen molar-refractivity contribution in [3.63, 3.8) is 0 Å². The van der Waals surface area contributed by atoms with Crippen LogP contribution >= 0.6 is 0 Å². The molecule has 1 heterocycles. The maximum Gasteiger partial charge on any atom is 0.128 e. The molecule has 0 unspecified atom stereocenters. The SMILES string of the molecule is CCC#Cc1ccc(C2(C#N)CC3(CC3)C2)cc1N(C)C(=N)/C=C(\NC)N1CCN(CC2CCCCC2)CC1. The Hall–Kier alpha value is -2.96. The Morgan fingerprint density at radius 1 is 1.15 bits per heavy atom. The number of nitrogens with one attached hydrogen (secondary N) is 2. The topological polar surface area (TPSA) is 69.4 Å². The zero-order valence-corrected chi connectivity index (χ0v) is 24.3. The molecule has 208 valence electrons. The highest BCUT2D eigenvalue weighted by atomic mass is 15.3. The average molecular weight is 527 g/mol. The molecule has 1 saturated heterocycles. The lowest BCUT2D eigenvalue weighted by Crippen LogP contribution is -2.49. The van der Waals surface area contributed by atoms with Crippen molar-refractivity contribution in [2.75, 3.05) is 51.7 Å². The van der Waals surface area contributed by atoms with Crippen molar-refractivity contribution in [3.8, 4) is 17.9 Å². The first-order valence-corrected chi connectivity index (χ1v) is 15.1. The van der Waals surface area contributed by atoms with Gasteiger partial charge in [0.1, 0.15) is 11.7 Å². The number of likely N-dealkylation sites (N-methyl/N-ethyl adjacent to an activating group) is 1. The van der Waals surface area contributed by atoms with Crippen LogP contribution in [0.1, 0.15) is 82.3 Å². The fourth-order valence-electron chi connectivity index (χ4n) is 7.09. The summed E-state index contributed by atoms with van der Waals surface area (Å²) in [5.41, 5.74) is 2.94. The lowest BCUT2D eigenvalue weighted by Gasteiger charge is -2.44. The van der Waals surface area contributed by atoms with Crippen LogP contribution in [-0.2, 0) is 5.41 Å². The van der Waals surface area contributed by atoms with Crippen LogP contribution in [0.4, 0.5) is 5.69 Å². The van der Waals surface area contributed by atoms with Crippen molar-refractivity contribution >= 4 is 11.5 Å². The summed E-state index contributed by atoms with van der Waals surface area (Å²) < 4.78 is 0. The largest absolute Gasteiger partial charge is 0.375 e. The summed E-state index contributed by atoms with van der Waals surface area (Å²) >= 11 is 0. The Bertz CT molecular complexity index is 1170. The van der Waals surface area contributed by atoms with Crippen LogP contribution in [0.5, 0.6) is 0 Å². The summed E-state index contributed by atoms with van der Waals surface area (Å²) in [5, 5.41) is 22.5. The number of amidine groups is 1. The first kappa shape index (κ1) is 27.6. The van der Waals surface area contributed by atoms with Crippen molar-refractivity contribution in [3.05, 3.63) is 41.2 Å². The number of anilines is 1. The predicted molar refractivity (Wildman–Crippen MR) is 160 cm³/mol. The van der Waals surface area contributed by atoms with E-state index < -0.39 is 5.41 Å². The Balaban J connectivity index is 1.29. The quantitative estimate of drug-likeness (QED) is 0.281. The van der Waals surface area contributed by atoms with Crippen molar-refractivity contribution in [1.82, 2.24) is 15.1 Å². The van der Waals surface area contributed by atoms with Gasteiger partial charge in [0.15, 0.2) is 0 Å². The Kier molecular flexibility index (Phi) is 8.24. The number of piperazine rings is 1. The average Bonchev–Trinajstić information content (AvgIpc) is 3.75. The lowest BCUT2D eigenvalue weighted by atomic mass is 9.57. The fraction of sp³-hybridized carbons (Fsp3) is 0.636. The van der Waals surface area contributed by atoms with Crippen molar-refractivity contribution in [2.45, 2.75) is 76.5 Å². The van der Waals surface area contributed by atoms with Crippen LogP contribution in [-0.4, -0.2) is 62.5 Å². The van der Waals surface area contributed by atoms with Crippen molar-refractivity contribution in [2.24, 2.45) is 11.3 Å². The van der Waals surface area contributed by atoms with E-state index in [0.717, 1.165) is 74.0 Å². The minimum Gasteiger partial charge on any atom is -0.375 e. The molecule has 4 fully saturated rings. The van der Waals surface area contributed by atoms with Crippen LogP contribution < -0.4 is 10.2 Å². The molecular formula is C33H46N6. The third kappa shape index (κ3) is 5.97. The minimum atomic E-state index is -0.395. The zero-order valence-electron chi connectivity index (χ0n) is 24.3. The van der Waals surface area contributed by atoms with Gasteiger partial charge in [0.05, 0.1) is 17.2 Å². The summed E-state index contributed by atoms with van der Waals surface area (Å²) in [4.78, 5) is 6.94. The highest BCUT2D eigenvalue weighted by Crippen LogP contribution is 2.68. The molecule has 1 spiro atoms. The molecule has 2 N–H and O–H groups in total. The maximum absolute atomic E-state index is 10.1. The van der Waals surface area contributed by atoms with E-state index >= 15 is 0 Å². The van der Waals surface area contributed by atoms with E-state index in [1.165, 1.54) is 51.5 Å². The molecule has 39 heavy (non-hydrogen) atoms. The zero-order chi connectivity index (χ0) is 27.5. The second-order valence-electron chi connectivity index (χ2n) is 12.5. The molecule has 6 nitrogen and oxygen atoms in total. The molecule has 0 radical (unpaired) electrons. The Morgan fingerprint density at radius 3 is 2.49 bits per heavy atom. The van der Waals surface area contributed by atoms with Gasteiger partial charge in [0.25, 0.3) is 0 Å². The molecule has 1 aliphatic heterocycles. The van der Waals surface area contributed by atoms with Gasteiger partial charge < -0.3 is 15.1 Å². The number of nitrogens with zero attached hydrogens (tertiary/aromatic N) is 4. The minimum absolute atomic E-state index is 0.395. The molecule has 6 heteroatoms. The van der Waals surface area contributed by atoms with E-state index in [9.17, 15) is 5.26 Å². The molecule has 3 saturated carbocycles. The van der Waals surface area contributed by atoms with Crippen LogP contribution in [0, 0.1) is 39.9 Å². The summed E-state index contributed by atoms with van der Waals surface area (Å²) in [6.45, 7) is 7.41. The Labute approximate surface area is 235 Å². The molecule has 0 aromatic heterocycles. The number of hydrogen-bond donors (Lipinski definition) is 2. The number of rotatable bonds is 7. The molecule has 1 aromatic rings. The maximum atomic E-state index is 10.1. The molecule has 0 atom stereocenters. The first-order chi connectivity index (χ1) is 18.9. The van der Waals surface area contributed by atoms with Crippen molar-refractivity contribution < 1.29 is 0 Å². The van der Waals surface area contributed by atoms with Gasteiger partial charge in [-0.05, 0) is 67.6 Å².